The molecule has 2 N–H and O–H groups in total. The second-order valence-electron chi connectivity index (χ2n) is 8.89. The largest absolute Gasteiger partial charge is 0.394 e. The number of nitrogens with one attached hydrogen (secondary N) is 1. The summed E-state index contributed by atoms with van der Waals surface area (Å²) in [5, 5.41) is 17.0. The number of carbonyl (C=O) groups excluding carboxylic acids is 2. The van der Waals surface area contributed by atoms with Crippen molar-refractivity contribution in [3.8, 4) is 0 Å². The lowest BCUT2D eigenvalue weighted by molar-refractivity contribution is 0.0395. The van der Waals surface area contributed by atoms with Crippen molar-refractivity contribution in [3.05, 3.63) is 53.5 Å². The van der Waals surface area contributed by atoms with Crippen molar-refractivity contribution in [1.82, 2.24) is 19.5 Å². The van der Waals surface area contributed by atoms with E-state index >= 15 is 0 Å². The molecule has 0 bridgehead atoms. The molecule has 0 unspecified atom stereocenters. The van der Waals surface area contributed by atoms with Gasteiger partial charge in [-0.1, -0.05) is 0 Å². The summed E-state index contributed by atoms with van der Waals surface area (Å²) in [5.41, 5.74) is 2.93. The number of fused-ring (bicyclic) bond motifs is 2. The van der Waals surface area contributed by atoms with Gasteiger partial charge < -0.3 is 25.0 Å². The number of benzene rings is 1. The molecule has 0 spiro atoms. The third-order valence-corrected chi connectivity index (χ3v) is 6.27. The number of ether oxygens (including phenoxy) is 1. The summed E-state index contributed by atoms with van der Waals surface area (Å²) >= 11 is 0. The van der Waals surface area contributed by atoms with E-state index in [-0.39, 0.29) is 18.4 Å². The highest BCUT2D eigenvalue weighted by Gasteiger charge is 2.38. The molecule has 5 rings (SSSR count). The Balaban J connectivity index is 1.53. The molecule has 0 saturated carbocycles. The van der Waals surface area contributed by atoms with Gasteiger partial charge >= 0.3 is 0 Å². The second kappa shape index (κ2) is 8.13. The Hall–Kier alpha value is -3.50. The number of hydrogen-bond acceptors (Lipinski definition) is 7. The Bertz CT molecular complexity index is 1230. The minimum absolute atomic E-state index is 0.122. The van der Waals surface area contributed by atoms with Crippen molar-refractivity contribution >= 4 is 28.8 Å². The van der Waals surface area contributed by atoms with Crippen LogP contribution in [0.2, 0.25) is 0 Å². The smallest absolute Gasteiger partial charge is 0.261 e. The zero-order chi connectivity index (χ0) is 23.2. The van der Waals surface area contributed by atoms with Crippen LogP contribution in [-0.4, -0.2) is 74.9 Å². The van der Waals surface area contributed by atoms with Gasteiger partial charge in [0.05, 0.1) is 42.9 Å². The molecule has 0 atom stereocenters. The van der Waals surface area contributed by atoms with Crippen LogP contribution in [0.5, 0.6) is 0 Å². The summed E-state index contributed by atoms with van der Waals surface area (Å²) in [5.74, 6) is -0.446. The number of aliphatic hydroxyl groups excluding tert-OH is 1. The van der Waals surface area contributed by atoms with Crippen LogP contribution in [-0.2, 0) is 11.3 Å². The number of hydrogen-bond donors (Lipinski definition) is 2. The molecular weight excluding hydrogens is 424 g/mol. The maximum atomic E-state index is 13.2. The van der Waals surface area contributed by atoms with Crippen LogP contribution in [0.4, 0.5) is 11.4 Å². The fourth-order valence-corrected chi connectivity index (χ4v) is 4.27. The van der Waals surface area contributed by atoms with Gasteiger partial charge in [0, 0.05) is 37.6 Å². The van der Waals surface area contributed by atoms with Crippen molar-refractivity contribution in [2.75, 3.05) is 43.1 Å². The van der Waals surface area contributed by atoms with Crippen molar-refractivity contribution in [2.45, 2.75) is 25.9 Å². The number of aliphatic hydroxyl groups is 1. The van der Waals surface area contributed by atoms with Crippen molar-refractivity contribution in [1.29, 1.82) is 0 Å². The molecule has 2 aromatic heterocycles. The van der Waals surface area contributed by atoms with Gasteiger partial charge in [-0.2, -0.15) is 5.10 Å². The van der Waals surface area contributed by atoms with Gasteiger partial charge in [-0.25, -0.2) is 9.50 Å². The highest BCUT2D eigenvalue weighted by Crippen LogP contribution is 2.37. The summed E-state index contributed by atoms with van der Waals surface area (Å²) in [6.07, 6.45) is 4.84. The molecule has 4 heterocycles. The third kappa shape index (κ3) is 3.70. The van der Waals surface area contributed by atoms with Crippen molar-refractivity contribution in [3.63, 3.8) is 0 Å². The fourth-order valence-electron chi connectivity index (χ4n) is 4.27. The van der Waals surface area contributed by atoms with E-state index in [1.165, 1.54) is 6.20 Å². The zero-order valence-corrected chi connectivity index (χ0v) is 18.6. The number of carbonyl (C=O) groups is 2. The first kappa shape index (κ1) is 21.4. The van der Waals surface area contributed by atoms with Crippen LogP contribution in [0.1, 0.15) is 40.1 Å². The summed E-state index contributed by atoms with van der Waals surface area (Å²) in [7, 11) is 0. The van der Waals surface area contributed by atoms with Crippen LogP contribution in [0, 0.1) is 0 Å². The van der Waals surface area contributed by atoms with E-state index in [9.17, 15) is 14.7 Å². The van der Waals surface area contributed by atoms with E-state index in [1.54, 1.807) is 27.9 Å². The van der Waals surface area contributed by atoms with Gasteiger partial charge in [-0.3, -0.25) is 9.59 Å². The Labute approximate surface area is 190 Å². The molecule has 33 heavy (non-hydrogen) atoms. The van der Waals surface area contributed by atoms with Gasteiger partial charge in [0.1, 0.15) is 5.56 Å². The highest BCUT2D eigenvalue weighted by molar-refractivity contribution is 6.10. The molecule has 1 aromatic carbocycles. The van der Waals surface area contributed by atoms with Crippen LogP contribution >= 0.6 is 0 Å². The quantitative estimate of drug-likeness (QED) is 0.606. The fraction of sp³-hybridized carbons (Fsp3) is 0.391. The second-order valence-corrected chi connectivity index (χ2v) is 8.89. The lowest BCUT2D eigenvalue weighted by Gasteiger charge is -2.33. The van der Waals surface area contributed by atoms with Gasteiger partial charge in [-0.05, 0) is 37.6 Å². The van der Waals surface area contributed by atoms with E-state index in [1.807, 2.05) is 26.0 Å². The minimum atomic E-state index is -0.693. The summed E-state index contributed by atoms with van der Waals surface area (Å²) in [6.45, 7) is 6.34. The molecule has 10 nitrogen and oxygen atoms in total. The molecule has 0 aliphatic carbocycles. The van der Waals surface area contributed by atoms with E-state index in [0.29, 0.717) is 55.3 Å². The Morgan fingerprint density at radius 2 is 2.06 bits per heavy atom. The summed E-state index contributed by atoms with van der Waals surface area (Å²) in [4.78, 5) is 34.4. The number of amides is 2. The Morgan fingerprint density at radius 1 is 1.27 bits per heavy atom. The number of rotatable bonds is 5. The number of nitrogens with zero attached hydrogens (tertiary/aromatic N) is 5. The van der Waals surface area contributed by atoms with E-state index in [0.717, 1.165) is 11.3 Å². The first-order chi connectivity index (χ1) is 15.9. The van der Waals surface area contributed by atoms with Gasteiger partial charge in [-0.15, -0.1) is 0 Å². The van der Waals surface area contributed by atoms with Crippen LogP contribution in [0.3, 0.4) is 0 Å². The lowest BCUT2D eigenvalue weighted by atomic mass is 10.1. The molecule has 2 aliphatic heterocycles. The highest BCUT2D eigenvalue weighted by atomic mass is 16.5. The molecule has 2 aliphatic rings. The molecule has 0 radical (unpaired) electrons. The van der Waals surface area contributed by atoms with E-state index < -0.39 is 5.54 Å². The number of morpholine rings is 1. The SMILES string of the molecule is CC(C)(CO)N1Cc2cc(NC(=O)c3cnn4cccnc34)c(N3CCOCC3)cc2C1=O. The predicted molar refractivity (Wildman–Crippen MR) is 121 cm³/mol. The molecule has 172 valence electrons. The van der Waals surface area contributed by atoms with Crippen LogP contribution in [0.25, 0.3) is 5.65 Å². The lowest BCUT2D eigenvalue weighted by Crippen LogP contribution is -2.46. The maximum absolute atomic E-state index is 13.2. The normalized spacial score (nSPS) is 16.4. The first-order valence-corrected chi connectivity index (χ1v) is 10.9. The number of aromatic nitrogens is 3. The summed E-state index contributed by atoms with van der Waals surface area (Å²) < 4.78 is 7.04. The van der Waals surface area contributed by atoms with Crippen LogP contribution in [0.15, 0.2) is 36.8 Å². The molecule has 1 fully saturated rings. The number of anilines is 2. The Morgan fingerprint density at radius 3 is 2.82 bits per heavy atom. The van der Waals surface area contributed by atoms with Gasteiger partial charge in [0.15, 0.2) is 5.65 Å². The standard InChI is InChI=1S/C23H26N6O4/c1-23(2,14-30)28-13-15-10-18(19(11-16(15)22(28)32)27-6-8-33-9-7-27)26-21(31)17-12-25-29-5-3-4-24-20(17)29/h3-5,10-12,30H,6-9,13-14H2,1-2H3,(H,26,31). The van der Waals surface area contributed by atoms with Crippen molar-refractivity contribution in [2.24, 2.45) is 0 Å². The minimum Gasteiger partial charge on any atom is -0.394 e. The zero-order valence-electron chi connectivity index (χ0n) is 18.6. The predicted octanol–water partition coefficient (Wildman–Crippen LogP) is 1.54. The third-order valence-electron chi connectivity index (χ3n) is 6.27. The van der Waals surface area contributed by atoms with Crippen molar-refractivity contribution < 1.29 is 19.4 Å². The van der Waals surface area contributed by atoms with Gasteiger partial charge in [0.25, 0.3) is 11.8 Å². The first-order valence-electron chi connectivity index (χ1n) is 10.9. The van der Waals surface area contributed by atoms with E-state index in [2.05, 4.69) is 20.3 Å². The molecular formula is C23H26N6O4. The monoisotopic (exact) mass is 450 g/mol. The average molecular weight is 450 g/mol. The van der Waals surface area contributed by atoms with E-state index in [4.69, 9.17) is 4.74 Å². The topological polar surface area (TPSA) is 112 Å². The average Bonchev–Trinajstić information content (AvgIpc) is 3.40. The molecule has 3 aromatic rings. The molecule has 1 saturated heterocycles. The van der Waals surface area contributed by atoms with Gasteiger partial charge in [0.2, 0.25) is 0 Å². The summed E-state index contributed by atoms with van der Waals surface area (Å²) in [6, 6.07) is 5.46. The Kier molecular flexibility index (Phi) is 5.26. The van der Waals surface area contributed by atoms with Crippen LogP contribution < -0.4 is 10.2 Å². The maximum Gasteiger partial charge on any atom is 0.261 e. The molecule has 2 amide bonds. The molecule has 10 heteroatoms.